The van der Waals surface area contributed by atoms with Gasteiger partial charge in [0.2, 0.25) is 0 Å². The van der Waals surface area contributed by atoms with Crippen molar-refractivity contribution >= 4 is 35.7 Å². The van der Waals surface area contributed by atoms with Crippen LogP contribution in [0.3, 0.4) is 0 Å². The lowest BCUT2D eigenvalue weighted by molar-refractivity contribution is 0.205. The lowest BCUT2D eigenvalue weighted by Gasteiger charge is -2.40. The fourth-order valence-corrected chi connectivity index (χ4v) is 4.27. The first-order chi connectivity index (χ1) is 6.74. The van der Waals surface area contributed by atoms with E-state index in [-0.39, 0.29) is 0 Å². The number of aromatic nitrogens is 2. The maximum atomic E-state index is 4.44. The molecule has 0 bridgehead atoms. The van der Waals surface area contributed by atoms with Gasteiger partial charge in [-0.3, -0.25) is 0 Å². The fourth-order valence-electron chi connectivity index (χ4n) is 1.58. The van der Waals surface area contributed by atoms with Crippen LogP contribution in [0.5, 0.6) is 0 Å². The molecule has 1 aromatic rings. The van der Waals surface area contributed by atoms with Gasteiger partial charge in [0.05, 0.1) is 0 Å². The average molecular weight is 246 g/mol. The van der Waals surface area contributed by atoms with Gasteiger partial charge in [0, 0.05) is 5.75 Å². The molecule has 0 aliphatic heterocycles. The van der Waals surface area contributed by atoms with E-state index in [9.17, 15) is 0 Å². The van der Waals surface area contributed by atoms with Crippen molar-refractivity contribution in [3.05, 3.63) is 5.01 Å². The van der Waals surface area contributed by atoms with Crippen LogP contribution in [-0.4, -0.2) is 21.7 Å². The van der Waals surface area contributed by atoms with Gasteiger partial charge in [0.25, 0.3) is 0 Å². The van der Waals surface area contributed by atoms with Crippen molar-refractivity contribution in [3.8, 4) is 0 Å². The highest BCUT2D eigenvalue weighted by Gasteiger charge is 2.35. The van der Waals surface area contributed by atoms with E-state index in [1.807, 2.05) is 18.7 Å². The molecule has 0 amide bonds. The molecule has 1 fully saturated rings. The Morgan fingerprint density at radius 2 is 2.29 bits per heavy atom. The normalized spacial score (nSPS) is 19.3. The fraction of sp³-hybridized carbons (Fsp3) is 0.778. The zero-order valence-corrected chi connectivity index (χ0v) is 10.7. The summed E-state index contributed by atoms with van der Waals surface area (Å²) in [6.45, 7) is 2.00. The number of hydrogen-bond donors (Lipinski definition) is 1. The van der Waals surface area contributed by atoms with Crippen LogP contribution in [0.15, 0.2) is 4.34 Å². The van der Waals surface area contributed by atoms with Crippen molar-refractivity contribution in [2.75, 3.05) is 11.5 Å². The van der Waals surface area contributed by atoms with Gasteiger partial charge in [-0.05, 0) is 30.9 Å². The van der Waals surface area contributed by atoms with Gasteiger partial charge in [-0.1, -0.05) is 29.5 Å². The molecule has 0 aromatic carbocycles. The molecule has 0 spiro atoms. The maximum Gasteiger partial charge on any atom is 0.174 e. The van der Waals surface area contributed by atoms with E-state index < -0.39 is 0 Å². The van der Waals surface area contributed by atoms with E-state index in [1.54, 1.807) is 11.3 Å². The summed E-state index contributed by atoms with van der Waals surface area (Å²) >= 11 is 7.97. The van der Waals surface area contributed by atoms with Crippen LogP contribution in [0.4, 0.5) is 0 Å². The van der Waals surface area contributed by atoms with Crippen LogP contribution in [-0.2, 0) is 0 Å². The quantitative estimate of drug-likeness (QED) is 0.653. The van der Waals surface area contributed by atoms with Crippen molar-refractivity contribution < 1.29 is 0 Å². The molecule has 2 rings (SSSR count). The Balaban J connectivity index is 1.87. The molecule has 0 saturated heterocycles. The van der Waals surface area contributed by atoms with Crippen molar-refractivity contribution in [2.24, 2.45) is 5.41 Å². The van der Waals surface area contributed by atoms with E-state index in [4.69, 9.17) is 0 Å². The van der Waals surface area contributed by atoms with Crippen molar-refractivity contribution in [3.63, 3.8) is 0 Å². The molecule has 0 radical (unpaired) electrons. The van der Waals surface area contributed by atoms with Gasteiger partial charge in [-0.25, -0.2) is 0 Å². The van der Waals surface area contributed by atoms with Gasteiger partial charge in [0.1, 0.15) is 5.01 Å². The molecular weight excluding hydrogens is 232 g/mol. The summed E-state index contributed by atoms with van der Waals surface area (Å²) in [7, 11) is 0. The summed E-state index contributed by atoms with van der Waals surface area (Å²) in [5, 5.41) is 9.19. The maximum absolute atomic E-state index is 4.44. The zero-order chi connectivity index (χ0) is 10.0. The van der Waals surface area contributed by atoms with Gasteiger partial charge in [0.15, 0.2) is 4.34 Å². The van der Waals surface area contributed by atoms with Crippen LogP contribution in [0, 0.1) is 12.3 Å². The number of thioether (sulfide) groups is 1. The van der Waals surface area contributed by atoms with Crippen molar-refractivity contribution in [1.29, 1.82) is 0 Å². The standard InChI is InChI=1S/C9H14N2S3/c1-7-10-11-8(14-7)13-6-9(5-12)3-2-4-9/h12H,2-6H2,1H3. The summed E-state index contributed by atoms with van der Waals surface area (Å²) in [4.78, 5) is 0. The first-order valence-corrected chi connectivity index (χ1v) is 7.21. The van der Waals surface area contributed by atoms with Gasteiger partial charge >= 0.3 is 0 Å². The number of hydrogen-bond acceptors (Lipinski definition) is 5. The Bertz CT molecular complexity index is 301. The molecule has 1 aliphatic carbocycles. The lowest BCUT2D eigenvalue weighted by Crippen LogP contribution is -2.33. The van der Waals surface area contributed by atoms with E-state index >= 15 is 0 Å². The molecule has 1 aromatic heterocycles. The summed E-state index contributed by atoms with van der Waals surface area (Å²) < 4.78 is 1.11. The number of thiol groups is 1. The Morgan fingerprint density at radius 1 is 1.50 bits per heavy atom. The molecule has 14 heavy (non-hydrogen) atoms. The highest BCUT2D eigenvalue weighted by atomic mass is 32.2. The molecule has 1 aliphatic rings. The van der Waals surface area contributed by atoms with E-state index in [1.165, 1.54) is 19.3 Å². The average Bonchev–Trinajstić information content (AvgIpc) is 2.50. The second-order valence-corrected chi connectivity index (χ2v) is 6.61. The minimum absolute atomic E-state index is 0.493. The monoisotopic (exact) mass is 246 g/mol. The van der Waals surface area contributed by atoms with Gasteiger partial charge in [-0.15, -0.1) is 10.2 Å². The van der Waals surface area contributed by atoms with Gasteiger partial charge < -0.3 is 0 Å². The Labute approximate surface area is 98.3 Å². The third kappa shape index (κ3) is 2.25. The minimum atomic E-state index is 0.493. The SMILES string of the molecule is Cc1nnc(SCC2(CS)CCC2)s1. The van der Waals surface area contributed by atoms with Crippen LogP contribution >= 0.6 is 35.7 Å². The van der Waals surface area contributed by atoms with E-state index in [0.29, 0.717) is 5.41 Å². The number of rotatable bonds is 4. The highest BCUT2D eigenvalue weighted by Crippen LogP contribution is 2.45. The summed E-state index contributed by atoms with van der Waals surface area (Å²) in [5.41, 5.74) is 0.493. The molecule has 1 heterocycles. The molecule has 0 N–H and O–H groups in total. The molecule has 0 unspecified atom stereocenters. The zero-order valence-electron chi connectivity index (χ0n) is 8.19. The predicted molar refractivity (Wildman–Crippen MR) is 65.5 cm³/mol. The molecule has 1 saturated carbocycles. The third-order valence-electron chi connectivity index (χ3n) is 2.76. The van der Waals surface area contributed by atoms with Crippen molar-refractivity contribution in [1.82, 2.24) is 10.2 Å². The molecular formula is C9H14N2S3. The Kier molecular flexibility index (Phi) is 3.39. The largest absolute Gasteiger partial charge is 0.179 e. The Morgan fingerprint density at radius 3 is 2.71 bits per heavy atom. The topological polar surface area (TPSA) is 25.8 Å². The number of aryl methyl sites for hydroxylation is 1. The first kappa shape index (κ1) is 10.8. The van der Waals surface area contributed by atoms with Crippen LogP contribution in [0.2, 0.25) is 0 Å². The van der Waals surface area contributed by atoms with Crippen LogP contribution < -0.4 is 0 Å². The van der Waals surface area contributed by atoms with Crippen molar-refractivity contribution in [2.45, 2.75) is 30.5 Å². The third-order valence-corrected chi connectivity index (χ3v) is 5.75. The Hall–Kier alpha value is 0.260. The predicted octanol–water partition coefficient (Wildman–Crippen LogP) is 3.04. The second-order valence-electron chi connectivity index (χ2n) is 3.89. The minimum Gasteiger partial charge on any atom is -0.179 e. The summed E-state index contributed by atoms with van der Waals surface area (Å²) in [5.74, 6) is 2.17. The molecule has 5 heteroatoms. The molecule has 78 valence electrons. The molecule has 0 atom stereocenters. The second kappa shape index (κ2) is 4.41. The number of nitrogens with zero attached hydrogens (tertiary/aromatic N) is 2. The van der Waals surface area contributed by atoms with Crippen LogP contribution in [0.1, 0.15) is 24.3 Å². The van der Waals surface area contributed by atoms with E-state index in [0.717, 1.165) is 20.9 Å². The summed E-state index contributed by atoms with van der Waals surface area (Å²) in [6.07, 6.45) is 4.04. The van der Waals surface area contributed by atoms with E-state index in [2.05, 4.69) is 22.8 Å². The van der Waals surface area contributed by atoms with Gasteiger partial charge in [-0.2, -0.15) is 12.6 Å². The first-order valence-electron chi connectivity index (χ1n) is 4.78. The van der Waals surface area contributed by atoms with Crippen LogP contribution in [0.25, 0.3) is 0 Å². The summed E-state index contributed by atoms with van der Waals surface area (Å²) in [6, 6.07) is 0. The smallest absolute Gasteiger partial charge is 0.174 e. The molecule has 2 nitrogen and oxygen atoms in total. The lowest BCUT2D eigenvalue weighted by atomic mass is 9.72. The highest BCUT2D eigenvalue weighted by molar-refractivity contribution is 8.01.